The molecule has 0 amide bonds. The summed E-state index contributed by atoms with van der Waals surface area (Å²) in [6.45, 7) is 0.989. The van der Waals surface area contributed by atoms with Crippen LogP contribution in [0.5, 0.6) is 0 Å². The molecule has 1 heterocycles. The second-order valence-corrected chi connectivity index (χ2v) is 6.18. The standard InChI is InChI=1S/C16H15BrN2S/c17-12-7-3-9-14(15(12)16(18)20)19-10-4-6-11-5-1-2-8-13(11)19/h1-3,5,7-9H,4,6,10H2,(H2,18,20). The first kappa shape index (κ1) is 13.6. The Morgan fingerprint density at radius 3 is 2.65 bits per heavy atom. The molecule has 1 aliphatic rings. The molecule has 2 aromatic rings. The molecule has 2 aromatic carbocycles. The molecule has 2 nitrogen and oxygen atoms in total. The number of thiocarbonyl (C=S) groups is 1. The third kappa shape index (κ3) is 2.34. The van der Waals surface area contributed by atoms with Crippen LogP contribution in [0.15, 0.2) is 46.9 Å². The number of hydrogen-bond acceptors (Lipinski definition) is 2. The quantitative estimate of drug-likeness (QED) is 0.827. The molecule has 0 bridgehead atoms. The van der Waals surface area contributed by atoms with Crippen molar-refractivity contribution in [2.75, 3.05) is 11.4 Å². The molecule has 0 atom stereocenters. The van der Waals surface area contributed by atoms with Gasteiger partial charge < -0.3 is 10.6 Å². The highest BCUT2D eigenvalue weighted by Gasteiger charge is 2.21. The Balaban J connectivity index is 2.16. The van der Waals surface area contributed by atoms with Gasteiger partial charge in [-0.15, -0.1) is 0 Å². The lowest BCUT2D eigenvalue weighted by Crippen LogP contribution is -2.27. The maximum atomic E-state index is 5.92. The van der Waals surface area contributed by atoms with Crippen molar-refractivity contribution < 1.29 is 0 Å². The first-order chi connectivity index (χ1) is 9.68. The molecular weight excluding hydrogens is 332 g/mol. The predicted molar refractivity (Wildman–Crippen MR) is 91.8 cm³/mol. The van der Waals surface area contributed by atoms with Crippen molar-refractivity contribution in [2.45, 2.75) is 12.8 Å². The van der Waals surface area contributed by atoms with Crippen LogP contribution in [0.2, 0.25) is 0 Å². The van der Waals surface area contributed by atoms with E-state index in [2.05, 4.69) is 51.2 Å². The fourth-order valence-corrected chi connectivity index (χ4v) is 3.68. The zero-order valence-electron chi connectivity index (χ0n) is 11.0. The lowest BCUT2D eigenvalue weighted by Gasteiger charge is -2.33. The summed E-state index contributed by atoms with van der Waals surface area (Å²) in [4.78, 5) is 2.74. The molecule has 0 aliphatic carbocycles. The van der Waals surface area contributed by atoms with Gasteiger partial charge in [-0.3, -0.25) is 0 Å². The molecule has 0 spiro atoms. The van der Waals surface area contributed by atoms with Crippen molar-refractivity contribution in [3.8, 4) is 0 Å². The summed E-state index contributed by atoms with van der Waals surface area (Å²) in [5.74, 6) is 0. The van der Waals surface area contributed by atoms with Gasteiger partial charge in [0.1, 0.15) is 4.99 Å². The van der Waals surface area contributed by atoms with Crippen LogP contribution in [0.3, 0.4) is 0 Å². The summed E-state index contributed by atoms with van der Waals surface area (Å²) in [5.41, 5.74) is 10.6. The van der Waals surface area contributed by atoms with Crippen molar-refractivity contribution in [1.82, 2.24) is 0 Å². The number of benzene rings is 2. The minimum absolute atomic E-state index is 0.426. The number of para-hydroxylation sites is 1. The van der Waals surface area contributed by atoms with Crippen LogP contribution >= 0.6 is 28.1 Å². The lowest BCUT2D eigenvalue weighted by molar-refractivity contribution is 0.766. The topological polar surface area (TPSA) is 29.3 Å². The number of hydrogen-bond donors (Lipinski definition) is 1. The van der Waals surface area contributed by atoms with Gasteiger partial charge in [0.05, 0.1) is 5.69 Å². The average molecular weight is 347 g/mol. The Morgan fingerprint density at radius 2 is 1.85 bits per heavy atom. The van der Waals surface area contributed by atoms with Crippen LogP contribution in [0.25, 0.3) is 0 Å². The first-order valence-corrected chi connectivity index (χ1v) is 7.82. The Kier molecular flexibility index (Phi) is 3.76. The molecule has 0 radical (unpaired) electrons. The van der Waals surface area contributed by atoms with E-state index in [-0.39, 0.29) is 0 Å². The first-order valence-electron chi connectivity index (χ1n) is 6.62. The van der Waals surface area contributed by atoms with Crippen LogP contribution in [-0.4, -0.2) is 11.5 Å². The Morgan fingerprint density at radius 1 is 1.10 bits per heavy atom. The van der Waals surface area contributed by atoms with Gasteiger partial charge in [-0.05, 0) is 52.5 Å². The third-order valence-electron chi connectivity index (χ3n) is 3.64. The van der Waals surface area contributed by atoms with E-state index in [1.165, 1.54) is 11.3 Å². The van der Waals surface area contributed by atoms with E-state index in [9.17, 15) is 0 Å². The van der Waals surface area contributed by atoms with Crippen molar-refractivity contribution in [3.05, 3.63) is 58.1 Å². The summed E-state index contributed by atoms with van der Waals surface area (Å²) in [6, 6.07) is 14.6. The number of anilines is 2. The molecular formula is C16H15BrN2S. The van der Waals surface area contributed by atoms with Gasteiger partial charge in [0.15, 0.2) is 0 Å². The van der Waals surface area contributed by atoms with Crippen molar-refractivity contribution in [1.29, 1.82) is 0 Å². The average Bonchev–Trinajstić information content (AvgIpc) is 2.46. The minimum atomic E-state index is 0.426. The van der Waals surface area contributed by atoms with E-state index in [0.29, 0.717) is 4.99 Å². The van der Waals surface area contributed by atoms with E-state index in [4.69, 9.17) is 18.0 Å². The number of nitrogens with two attached hydrogens (primary N) is 1. The van der Waals surface area contributed by atoms with Gasteiger partial charge in [0.25, 0.3) is 0 Å². The van der Waals surface area contributed by atoms with Crippen LogP contribution in [0.1, 0.15) is 17.5 Å². The number of fused-ring (bicyclic) bond motifs is 1. The van der Waals surface area contributed by atoms with Gasteiger partial charge in [-0.2, -0.15) is 0 Å². The van der Waals surface area contributed by atoms with Crippen molar-refractivity contribution in [3.63, 3.8) is 0 Å². The Bertz CT molecular complexity index is 669. The third-order valence-corrected chi connectivity index (χ3v) is 4.50. The molecule has 3 rings (SSSR count). The second-order valence-electron chi connectivity index (χ2n) is 4.88. The maximum Gasteiger partial charge on any atom is 0.107 e. The Labute approximate surface area is 132 Å². The van der Waals surface area contributed by atoms with Gasteiger partial charge in [-0.1, -0.05) is 36.5 Å². The van der Waals surface area contributed by atoms with Gasteiger partial charge in [0, 0.05) is 22.3 Å². The number of nitrogens with zero attached hydrogens (tertiary/aromatic N) is 1. The molecule has 4 heteroatoms. The zero-order chi connectivity index (χ0) is 14.1. The van der Waals surface area contributed by atoms with Gasteiger partial charge in [0.2, 0.25) is 0 Å². The highest BCUT2D eigenvalue weighted by molar-refractivity contribution is 9.10. The number of halogens is 1. The van der Waals surface area contributed by atoms with Crippen LogP contribution in [0, 0.1) is 0 Å². The van der Waals surface area contributed by atoms with E-state index < -0.39 is 0 Å². The van der Waals surface area contributed by atoms with E-state index >= 15 is 0 Å². The summed E-state index contributed by atoms with van der Waals surface area (Å²) in [7, 11) is 0. The monoisotopic (exact) mass is 346 g/mol. The van der Waals surface area contributed by atoms with Gasteiger partial charge in [-0.25, -0.2) is 0 Å². The molecule has 0 saturated carbocycles. The molecule has 20 heavy (non-hydrogen) atoms. The fraction of sp³-hybridized carbons (Fsp3) is 0.188. The second kappa shape index (κ2) is 5.54. The molecule has 102 valence electrons. The predicted octanol–water partition coefficient (Wildman–Crippen LogP) is 4.17. The smallest absolute Gasteiger partial charge is 0.107 e. The fourth-order valence-electron chi connectivity index (χ4n) is 2.77. The summed E-state index contributed by atoms with van der Waals surface area (Å²) in [5, 5.41) is 0. The molecule has 0 aromatic heterocycles. The summed E-state index contributed by atoms with van der Waals surface area (Å²) < 4.78 is 0.950. The SMILES string of the molecule is NC(=S)c1c(Br)cccc1N1CCCc2ccccc21. The van der Waals surface area contributed by atoms with Crippen molar-refractivity contribution >= 4 is 44.5 Å². The summed E-state index contributed by atoms with van der Waals surface area (Å²) >= 11 is 8.79. The minimum Gasteiger partial charge on any atom is -0.389 e. The lowest BCUT2D eigenvalue weighted by atomic mass is 10.00. The van der Waals surface area contributed by atoms with Crippen LogP contribution in [-0.2, 0) is 6.42 Å². The maximum absolute atomic E-state index is 5.92. The zero-order valence-corrected chi connectivity index (χ0v) is 13.4. The number of rotatable bonds is 2. The van der Waals surface area contributed by atoms with Gasteiger partial charge >= 0.3 is 0 Å². The van der Waals surface area contributed by atoms with Crippen LogP contribution < -0.4 is 10.6 Å². The molecule has 0 fully saturated rings. The molecule has 0 unspecified atom stereocenters. The Hall–Kier alpha value is -1.39. The normalized spacial score (nSPS) is 13.9. The van der Waals surface area contributed by atoms with Crippen LogP contribution in [0.4, 0.5) is 11.4 Å². The molecule has 2 N–H and O–H groups in total. The van der Waals surface area contributed by atoms with E-state index in [1.54, 1.807) is 0 Å². The number of aryl methyl sites for hydroxylation is 1. The highest BCUT2D eigenvalue weighted by atomic mass is 79.9. The highest BCUT2D eigenvalue weighted by Crippen LogP contribution is 2.37. The molecule has 1 aliphatic heterocycles. The van der Waals surface area contributed by atoms with E-state index in [0.717, 1.165) is 35.1 Å². The summed E-state index contributed by atoms with van der Waals surface area (Å²) in [6.07, 6.45) is 2.27. The van der Waals surface area contributed by atoms with E-state index in [1.807, 2.05) is 12.1 Å². The molecule has 0 saturated heterocycles. The largest absolute Gasteiger partial charge is 0.389 e. The van der Waals surface area contributed by atoms with Crippen molar-refractivity contribution in [2.24, 2.45) is 5.73 Å².